The summed E-state index contributed by atoms with van der Waals surface area (Å²) in [6.07, 6.45) is 3.71. The van der Waals surface area contributed by atoms with Crippen molar-refractivity contribution < 1.29 is 9.53 Å². The number of carbonyl (C=O) groups is 1. The predicted molar refractivity (Wildman–Crippen MR) is 117 cm³/mol. The first-order valence-corrected chi connectivity index (χ1v) is 9.13. The zero-order valence-electron chi connectivity index (χ0n) is 15.7. The van der Waals surface area contributed by atoms with Gasteiger partial charge >= 0.3 is 0 Å². The third-order valence-corrected chi connectivity index (χ3v) is 4.15. The summed E-state index contributed by atoms with van der Waals surface area (Å²) < 4.78 is 5.06. The standard InChI is InChI=1S/C19H30N4O2.HI/c1-3-20-19(21-12-8-5-9-13-25-2)22-16-14-18(24)23(15-16)17-10-6-4-7-11-17;/h4,6-7,10-11,16H,3,5,8-9,12-15H2,1-2H3,(H2,20,21,22);1H. The van der Waals surface area contributed by atoms with E-state index in [-0.39, 0.29) is 35.9 Å². The van der Waals surface area contributed by atoms with Crippen LogP contribution in [0.3, 0.4) is 0 Å². The molecule has 6 nitrogen and oxygen atoms in total. The van der Waals surface area contributed by atoms with E-state index in [9.17, 15) is 4.79 Å². The van der Waals surface area contributed by atoms with Crippen molar-refractivity contribution in [3.05, 3.63) is 30.3 Å². The van der Waals surface area contributed by atoms with Gasteiger partial charge in [0.05, 0.1) is 6.04 Å². The van der Waals surface area contributed by atoms with E-state index in [0.717, 1.165) is 50.6 Å². The molecule has 1 heterocycles. The molecular weight excluding hydrogens is 443 g/mol. The van der Waals surface area contributed by atoms with Crippen LogP contribution in [0.5, 0.6) is 0 Å². The molecule has 7 heteroatoms. The quantitative estimate of drug-likeness (QED) is 0.250. The van der Waals surface area contributed by atoms with Crippen molar-refractivity contribution in [1.29, 1.82) is 0 Å². The molecule has 1 amide bonds. The number of halogens is 1. The van der Waals surface area contributed by atoms with Crippen LogP contribution < -0.4 is 15.5 Å². The summed E-state index contributed by atoms with van der Waals surface area (Å²) in [7, 11) is 1.73. The van der Waals surface area contributed by atoms with E-state index in [1.807, 2.05) is 42.2 Å². The van der Waals surface area contributed by atoms with Crippen molar-refractivity contribution in [3.8, 4) is 0 Å². The SMILES string of the molecule is CCNC(=NCCCCCOC)NC1CC(=O)N(c2ccccc2)C1.I. The minimum Gasteiger partial charge on any atom is -0.385 e. The normalized spacial score (nSPS) is 17.2. The number of benzene rings is 1. The Morgan fingerprint density at radius 3 is 2.73 bits per heavy atom. The highest BCUT2D eigenvalue weighted by atomic mass is 127. The first-order chi connectivity index (χ1) is 12.2. The Hall–Kier alpha value is -1.35. The first-order valence-electron chi connectivity index (χ1n) is 9.13. The Morgan fingerprint density at radius 2 is 2.04 bits per heavy atom. The molecule has 1 aromatic rings. The molecule has 0 aliphatic carbocycles. The molecule has 0 aromatic heterocycles. The van der Waals surface area contributed by atoms with Crippen molar-refractivity contribution in [1.82, 2.24) is 10.6 Å². The smallest absolute Gasteiger partial charge is 0.229 e. The van der Waals surface area contributed by atoms with E-state index < -0.39 is 0 Å². The van der Waals surface area contributed by atoms with E-state index in [0.29, 0.717) is 13.0 Å². The Labute approximate surface area is 173 Å². The van der Waals surface area contributed by atoms with Gasteiger partial charge in [0.2, 0.25) is 5.91 Å². The lowest BCUT2D eigenvalue weighted by Gasteiger charge is -2.19. The van der Waals surface area contributed by atoms with Crippen LogP contribution in [-0.4, -0.2) is 51.3 Å². The minimum absolute atomic E-state index is 0. The number of hydrogen-bond donors (Lipinski definition) is 2. The number of para-hydroxylation sites is 1. The number of guanidine groups is 1. The second kappa shape index (κ2) is 12.9. The molecule has 26 heavy (non-hydrogen) atoms. The second-order valence-corrected chi connectivity index (χ2v) is 6.20. The Kier molecular flexibility index (Phi) is 11.3. The summed E-state index contributed by atoms with van der Waals surface area (Å²) >= 11 is 0. The summed E-state index contributed by atoms with van der Waals surface area (Å²) in [5, 5.41) is 6.67. The van der Waals surface area contributed by atoms with Crippen LogP contribution in [0.2, 0.25) is 0 Å². The van der Waals surface area contributed by atoms with Gasteiger partial charge < -0.3 is 20.3 Å². The van der Waals surface area contributed by atoms with Gasteiger partial charge in [-0.3, -0.25) is 9.79 Å². The molecule has 1 unspecified atom stereocenters. The van der Waals surface area contributed by atoms with Crippen LogP contribution in [0.1, 0.15) is 32.6 Å². The van der Waals surface area contributed by atoms with Crippen LogP contribution in [0.4, 0.5) is 5.69 Å². The number of aliphatic imine (C=N–C) groups is 1. The monoisotopic (exact) mass is 474 g/mol. The molecule has 1 fully saturated rings. The maximum atomic E-state index is 12.3. The van der Waals surface area contributed by atoms with Crippen LogP contribution >= 0.6 is 24.0 Å². The van der Waals surface area contributed by atoms with E-state index in [4.69, 9.17) is 4.74 Å². The first kappa shape index (κ1) is 22.7. The molecule has 1 saturated heterocycles. The number of unbranched alkanes of at least 4 members (excludes halogenated alkanes) is 2. The predicted octanol–water partition coefficient (Wildman–Crippen LogP) is 2.78. The van der Waals surface area contributed by atoms with Crippen molar-refractivity contribution in [2.45, 2.75) is 38.6 Å². The number of amides is 1. The Balaban J connectivity index is 0.00000338. The van der Waals surface area contributed by atoms with Crippen molar-refractivity contribution >= 4 is 41.5 Å². The number of anilines is 1. The van der Waals surface area contributed by atoms with Gasteiger partial charge in [-0.2, -0.15) is 0 Å². The Morgan fingerprint density at radius 1 is 1.27 bits per heavy atom. The van der Waals surface area contributed by atoms with Gasteiger partial charge in [-0.1, -0.05) is 18.2 Å². The lowest BCUT2D eigenvalue weighted by molar-refractivity contribution is -0.117. The number of carbonyl (C=O) groups excluding carboxylic acids is 1. The molecule has 0 spiro atoms. The molecule has 1 aromatic carbocycles. The highest BCUT2D eigenvalue weighted by Gasteiger charge is 2.30. The maximum absolute atomic E-state index is 12.3. The van der Waals surface area contributed by atoms with E-state index >= 15 is 0 Å². The van der Waals surface area contributed by atoms with E-state index in [1.54, 1.807) is 7.11 Å². The van der Waals surface area contributed by atoms with Gasteiger partial charge in [-0.25, -0.2) is 0 Å². The lowest BCUT2D eigenvalue weighted by atomic mass is 10.2. The van der Waals surface area contributed by atoms with Crippen LogP contribution in [0, 0.1) is 0 Å². The topological polar surface area (TPSA) is 66.0 Å². The van der Waals surface area contributed by atoms with E-state index in [1.165, 1.54) is 0 Å². The Bertz CT molecular complexity index is 554. The van der Waals surface area contributed by atoms with Crippen molar-refractivity contribution in [3.63, 3.8) is 0 Å². The van der Waals surface area contributed by atoms with E-state index in [2.05, 4.69) is 15.6 Å². The third kappa shape index (κ3) is 7.49. The number of nitrogens with one attached hydrogen (secondary N) is 2. The molecule has 0 radical (unpaired) electrons. The molecule has 146 valence electrons. The van der Waals surface area contributed by atoms with Gasteiger partial charge in [-0.05, 0) is 38.3 Å². The van der Waals surface area contributed by atoms with Crippen LogP contribution in [-0.2, 0) is 9.53 Å². The highest BCUT2D eigenvalue weighted by molar-refractivity contribution is 14.0. The van der Waals surface area contributed by atoms with Gasteiger partial charge in [0.25, 0.3) is 0 Å². The third-order valence-electron chi connectivity index (χ3n) is 4.15. The summed E-state index contributed by atoms with van der Waals surface area (Å²) in [6.45, 7) is 5.11. The lowest BCUT2D eigenvalue weighted by Crippen LogP contribution is -2.44. The number of hydrogen-bond acceptors (Lipinski definition) is 3. The summed E-state index contributed by atoms with van der Waals surface area (Å²) in [4.78, 5) is 18.8. The molecule has 2 rings (SSSR count). The van der Waals surface area contributed by atoms with Gasteiger partial charge in [0, 0.05) is 45.5 Å². The summed E-state index contributed by atoms with van der Waals surface area (Å²) in [5.74, 6) is 0.945. The molecule has 1 atom stereocenters. The minimum atomic E-state index is 0. The largest absolute Gasteiger partial charge is 0.385 e. The molecule has 0 saturated carbocycles. The number of nitrogens with zero attached hydrogens (tertiary/aromatic N) is 2. The molecule has 2 N–H and O–H groups in total. The number of methoxy groups -OCH3 is 1. The average Bonchev–Trinajstić information content (AvgIpc) is 2.99. The van der Waals surface area contributed by atoms with Gasteiger partial charge in [0.1, 0.15) is 0 Å². The number of ether oxygens (including phenoxy) is 1. The average molecular weight is 474 g/mol. The van der Waals surface area contributed by atoms with Crippen molar-refractivity contribution in [2.24, 2.45) is 4.99 Å². The molecular formula is C19H31IN4O2. The maximum Gasteiger partial charge on any atom is 0.229 e. The van der Waals surface area contributed by atoms with Crippen LogP contribution in [0.25, 0.3) is 0 Å². The number of rotatable bonds is 9. The fourth-order valence-corrected chi connectivity index (χ4v) is 2.90. The zero-order valence-corrected chi connectivity index (χ0v) is 18.1. The van der Waals surface area contributed by atoms with Crippen molar-refractivity contribution in [2.75, 3.05) is 38.3 Å². The fourth-order valence-electron chi connectivity index (χ4n) is 2.90. The van der Waals surface area contributed by atoms with Gasteiger partial charge in [0.15, 0.2) is 5.96 Å². The fraction of sp³-hybridized carbons (Fsp3) is 0.579. The highest BCUT2D eigenvalue weighted by Crippen LogP contribution is 2.20. The summed E-state index contributed by atoms with van der Waals surface area (Å²) in [6, 6.07) is 9.90. The van der Waals surface area contributed by atoms with Crippen LogP contribution in [0.15, 0.2) is 35.3 Å². The second-order valence-electron chi connectivity index (χ2n) is 6.20. The summed E-state index contributed by atoms with van der Waals surface area (Å²) in [5.41, 5.74) is 0.955. The zero-order chi connectivity index (χ0) is 17.9. The molecule has 0 bridgehead atoms. The molecule has 1 aliphatic heterocycles. The van der Waals surface area contributed by atoms with Gasteiger partial charge in [-0.15, -0.1) is 24.0 Å². The molecule has 1 aliphatic rings.